The van der Waals surface area contributed by atoms with Gasteiger partial charge in [0.25, 0.3) is 0 Å². The number of halogens is 2. The lowest BCUT2D eigenvalue weighted by molar-refractivity contribution is -0.137. The van der Waals surface area contributed by atoms with E-state index < -0.39 is 0 Å². The minimum absolute atomic E-state index is 0. The first kappa shape index (κ1) is 16.6. The van der Waals surface area contributed by atoms with Crippen molar-refractivity contribution in [3.8, 4) is 0 Å². The number of nitrogens with one attached hydrogen (secondary N) is 1. The van der Waals surface area contributed by atoms with Crippen molar-refractivity contribution in [3.05, 3.63) is 34.9 Å². The largest absolute Gasteiger partial charge is 0.335 e. The van der Waals surface area contributed by atoms with E-state index >= 15 is 0 Å². The third-order valence-electron chi connectivity index (χ3n) is 4.18. The maximum Gasteiger partial charge on any atom is 0.227 e. The Kier molecular flexibility index (Phi) is 5.91. The lowest BCUT2D eigenvalue weighted by atomic mass is 9.97. The zero-order valence-electron chi connectivity index (χ0n) is 12.1. The monoisotopic (exact) mass is 328 g/mol. The van der Waals surface area contributed by atoms with Crippen LogP contribution in [0.25, 0.3) is 0 Å². The van der Waals surface area contributed by atoms with Crippen LogP contribution in [0.3, 0.4) is 0 Å². The van der Waals surface area contributed by atoms with Gasteiger partial charge in [0.15, 0.2) is 0 Å². The summed E-state index contributed by atoms with van der Waals surface area (Å²) in [6.45, 7) is 2.60. The van der Waals surface area contributed by atoms with Crippen molar-refractivity contribution in [1.29, 1.82) is 0 Å². The number of benzene rings is 1. The van der Waals surface area contributed by atoms with Crippen LogP contribution in [0.1, 0.15) is 31.2 Å². The molecule has 1 saturated carbocycles. The number of hydrogen-bond donors (Lipinski definition) is 1. The van der Waals surface area contributed by atoms with Crippen LogP contribution in [0.5, 0.6) is 0 Å². The van der Waals surface area contributed by atoms with Gasteiger partial charge in [-0.3, -0.25) is 4.79 Å². The molecule has 1 amide bonds. The summed E-state index contributed by atoms with van der Waals surface area (Å²) >= 11 is 5.92. The zero-order chi connectivity index (χ0) is 13.9. The molecule has 5 heteroatoms. The summed E-state index contributed by atoms with van der Waals surface area (Å²) in [5, 5.41) is 4.08. The average Bonchev–Trinajstić information content (AvgIpc) is 3.31. The third-order valence-corrected chi connectivity index (χ3v) is 4.43. The standard InChI is InChI=1S/C16H21ClN2O.ClH/c17-14-5-3-12(4-6-14)11-19(15-7-8-15)16(20)13-2-1-9-18-10-13;/h3-6,13,15,18H,1-2,7-11H2;1H/t13-;/m1./s1. The molecular formula is C16H22Cl2N2O. The normalized spacial score (nSPS) is 21.5. The second-order valence-electron chi connectivity index (χ2n) is 5.87. The van der Waals surface area contributed by atoms with Crippen molar-refractivity contribution in [2.75, 3.05) is 13.1 Å². The van der Waals surface area contributed by atoms with Crippen LogP contribution in [0, 0.1) is 5.92 Å². The van der Waals surface area contributed by atoms with Crippen molar-refractivity contribution in [3.63, 3.8) is 0 Å². The van der Waals surface area contributed by atoms with Crippen LogP contribution in [0.15, 0.2) is 24.3 Å². The van der Waals surface area contributed by atoms with Crippen LogP contribution in [0.4, 0.5) is 0 Å². The summed E-state index contributed by atoms with van der Waals surface area (Å²) in [6.07, 6.45) is 4.44. The second kappa shape index (κ2) is 7.48. The molecule has 0 spiro atoms. The van der Waals surface area contributed by atoms with Gasteiger partial charge in [-0.15, -0.1) is 12.4 Å². The highest BCUT2D eigenvalue weighted by atomic mass is 35.5. The summed E-state index contributed by atoms with van der Waals surface area (Å²) < 4.78 is 0. The Bertz CT molecular complexity index is 468. The highest BCUT2D eigenvalue weighted by Crippen LogP contribution is 2.31. The van der Waals surface area contributed by atoms with E-state index in [1.54, 1.807) is 0 Å². The van der Waals surface area contributed by atoms with E-state index in [4.69, 9.17) is 11.6 Å². The summed E-state index contributed by atoms with van der Waals surface area (Å²) in [5.41, 5.74) is 1.17. The van der Waals surface area contributed by atoms with Gasteiger partial charge in [0, 0.05) is 24.2 Å². The fraction of sp³-hybridized carbons (Fsp3) is 0.562. The van der Waals surface area contributed by atoms with Gasteiger partial charge in [0.1, 0.15) is 0 Å². The first-order valence-electron chi connectivity index (χ1n) is 7.49. The van der Waals surface area contributed by atoms with Crippen molar-refractivity contribution in [2.45, 2.75) is 38.3 Å². The van der Waals surface area contributed by atoms with Gasteiger partial charge < -0.3 is 10.2 Å². The van der Waals surface area contributed by atoms with Gasteiger partial charge in [-0.1, -0.05) is 23.7 Å². The number of amides is 1. The number of nitrogens with zero attached hydrogens (tertiary/aromatic N) is 1. The Morgan fingerprint density at radius 3 is 2.52 bits per heavy atom. The maximum atomic E-state index is 12.7. The van der Waals surface area contributed by atoms with Gasteiger partial charge in [-0.25, -0.2) is 0 Å². The Labute approximate surface area is 137 Å². The fourth-order valence-electron chi connectivity index (χ4n) is 2.86. The number of rotatable bonds is 4. The number of hydrogen-bond acceptors (Lipinski definition) is 2. The van der Waals surface area contributed by atoms with Crippen molar-refractivity contribution in [2.24, 2.45) is 5.92 Å². The number of piperidine rings is 1. The van der Waals surface area contributed by atoms with Crippen LogP contribution in [0.2, 0.25) is 5.02 Å². The molecule has 1 aliphatic carbocycles. The molecule has 1 atom stereocenters. The smallest absolute Gasteiger partial charge is 0.227 e. The molecular weight excluding hydrogens is 307 g/mol. The van der Waals surface area contributed by atoms with Crippen LogP contribution < -0.4 is 5.32 Å². The quantitative estimate of drug-likeness (QED) is 0.920. The highest BCUT2D eigenvalue weighted by Gasteiger charge is 2.36. The molecule has 0 unspecified atom stereocenters. The Hall–Kier alpha value is -0.770. The molecule has 0 aromatic heterocycles. The molecule has 1 heterocycles. The van der Waals surface area contributed by atoms with E-state index in [9.17, 15) is 4.79 Å². The Balaban J connectivity index is 0.00000161. The summed E-state index contributed by atoms with van der Waals surface area (Å²) in [4.78, 5) is 14.8. The van der Waals surface area contributed by atoms with E-state index in [2.05, 4.69) is 10.2 Å². The first-order valence-corrected chi connectivity index (χ1v) is 7.87. The molecule has 0 radical (unpaired) electrons. The van der Waals surface area contributed by atoms with E-state index in [0.717, 1.165) is 50.3 Å². The highest BCUT2D eigenvalue weighted by molar-refractivity contribution is 6.30. The van der Waals surface area contributed by atoms with E-state index in [1.165, 1.54) is 5.56 Å². The van der Waals surface area contributed by atoms with E-state index in [0.29, 0.717) is 11.9 Å². The van der Waals surface area contributed by atoms with Gasteiger partial charge in [-0.05, 0) is 49.9 Å². The lowest BCUT2D eigenvalue weighted by Gasteiger charge is -2.30. The molecule has 116 valence electrons. The van der Waals surface area contributed by atoms with Crippen molar-refractivity contribution < 1.29 is 4.79 Å². The fourth-order valence-corrected chi connectivity index (χ4v) is 2.98. The molecule has 2 aliphatic rings. The molecule has 1 saturated heterocycles. The van der Waals surface area contributed by atoms with Crippen LogP contribution in [-0.2, 0) is 11.3 Å². The number of carbonyl (C=O) groups excluding carboxylic acids is 1. The summed E-state index contributed by atoms with van der Waals surface area (Å²) in [7, 11) is 0. The van der Waals surface area contributed by atoms with E-state index in [-0.39, 0.29) is 18.3 Å². The second-order valence-corrected chi connectivity index (χ2v) is 6.30. The lowest BCUT2D eigenvalue weighted by Crippen LogP contribution is -2.43. The van der Waals surface area contributed by atoms with Crippen molar-refractivity contribution >= 4 is 29.9 Å². The predicted octanol–water partition coefficient (Wildman–Crippen LogP) is 3.25. The maximum absolute atomic E-state index is 12.7. The van der Waals surface area contributed by atoms with Gasteiger partial charge in [0.05, 0.1) is 5.92 Å². The topological polar surface area (TPSA) is 32.3 Å². The molecule has 1 aromatic rings. The van der Waals surface area contributed by atoms with Gasteiger partial charge in [0.2, 0.25) is 5.91 Å². The molecule has 2 fully saturated rings. The molecule has 0 bridgehead atoms. The van der Waals surface area contributed by atoms with Crippen LogP contribution >= 0.6 is 24.0 Å². The molecule has 3 rings (SSSR count). The third kappa shape index (κ3) is 4.35. The molecule has 1 aromatic carbocycles. The molecule has 1 N–H and O–H groups in total. The summed E-state index contributed by atoms with van der Waals surface area (Å²) in [5.74, 6) is 0.492. The number of carbonyl (C=O) groups is 1. The minimum atomic E-state index is 0. The zero-order valence-corrected chi connectivity index (χ0v) is 13.6. The molecule has 1 aliphatic heterocycles. The van der Waals surface area contributed by atoms with Gasteiger partial charge in [-0.2, -0.15) is 0 Å². The molecule has 21 heavy (non-hydrogen) atoms. The van der Waals surface area contributed by atoms with E-state index in [1.807, 2.05) is 24.3 Å². The predicted molar refractivity (Wildman–Crippen MR) is 87.9 cm³/mol. The average molecular weight is 329 g/mol. The summed E-state index contributed by atoms with van der Waals surface area (Å²) in [6, 6.07) is 8.29. The van der Waals surface area contributed by atoms with Crippen LogP contribution in [-0.4, -0.2) is 29.9 Å². The van der Waals surface area contributed by atoms with Crippen molar-refractivity contribution in [1.82, 2.24) is 10.2 Å². The Morgan fingerprint density at radius 1 is 1.24 bits per heavy atom. The van der Waals surface area contributed by atoms with Gasteiger partial charge >= 0.3 is 0 Å². The first-order chi connectivity index (χ1) is 9.74. The minimum Gasteiger partial charge on any atom is -0.335 e. The molecule has 3 nitrogen and oxygen atoms in total. The SMILES string of the molecule is Cl.O=C([C@@H]1CCCNC1)N(Cc1ccc(Cl)cc1)C1CC1. The Morgan fingerprint density at radius 2 is 1.95 bits per heavy atom.